The molecule has 5 heteroatoms. The first-order valence-corrected chi connectivity index (χ1v) is 5.10. The molecule has 0 fully saturated rings. The van der Waals surface area contributed by atoms with Gasteiger partial charge in [-0.25, -0.2) is 4.99 Å². The maximum atomic E-state index is 5.41. The van der Waals surface area contributed by atoms with Crippen LogP contribution in [0.25, 0.3) is 0 Å². The quantitative estimate of drug-likeness (QED) is 0.345. The fourth-order valence-electron chi connectivity index (χ4n) is 2.05. The van der Waals surface area contributed by atoms with E-state index in [0.29, 0.717) is 0 Å². The number of nitrogens with one attached hydrogen (secondary N) is 1. The zero-order chi connectivity index (χ0) is 10.8. The first-order valence-electron chi connectivity index (χ1n) is 5.10. The molecular weight excluding hydrogens is 187 g/mol. The summed E-state index contributed by atoms with van der Waals surface area (Å²) >= 11 is 0. The molecule has 1 heterocycles. The minimum Gasteiger partial charge on any atom is -0.388 e. The van der Waals surface area contributed by atoms with Crippen molar-refractivity contribution in [2.24, 2.45) is 16.5 Å². The zero-order valence-corrected chi connectivity index (χ0v) is 8.83. The number of guanidine groups is 1. The molecule has 1 atom stereocenters. The molecule has 0 bridgehead atoms. The van der Waals surface area contributed by atoms with Crippen LogP contribution < -0.4 is 22.2 Å². The third-order valence-corrected chi connectivity index (χ3v) is 2.79. The molecule has 2 rings (SSSR count). The molecule has 0 amide bonds. The third kappa shape index (κ3) is 1.91. The van der Waals surface area contributed by atoms with E-state index in [2.05, 4.69) is 28.5 Å². The lowest BCUT2D eigenvalue weighted by molar-refractivity contribution is 0.832. The van der Waals surface area contributed by atoms with Crippen LogP contribution in [0.15, 0.2) is 23.2 Å². The van der Waals surface area contributed by atoms with E-state index in [0.717, 1.165) is 19.3 Å². The second kappa shape index (κ2) is 3.84. The smallest absolute Gasteiger partial charge is 0.186 e. The summed E-state index contributed by atoms with van der Waals surface area (Å²) in [5.74, 6) is 0.169. The standard InChI is InChI=1S/C10H15BN4/c1-14-6-2-3-8-7(4-6)9(5-11-8)15-10(12)13/h2-4,9,11,14H,5H2,1H3,(H4,12,13,15). The highest BCUT2D eigenvalue weighted by Crippen LogP contribution is 2.27. The molecule has 1 aromatic rings. The van der Waals surface area contributed by atoms with Gasteiger partial charge >= 0.3 is 0 Å². The van der Waals surface area contributed by atoms with Crippen molar-refractivity contribution in [2.75, 3.05) is 12.4 Å². The van der Waals surface area contributed by atoms with Crippen LogP contribution in [0, 0.1) is 0 Å². The largest absolute Gasteiger partial charge is 0.388 e. The van der Waals surface area contributed by atoms with Gasteiger partial charge in [0.05, 0.1) is 6.04 Å². The van der Waals surface area contributed by atoms with Crippen LogP contribution in [0.1, 0.15) is 11.6 Å². The topological polar surface area (TPSA) is 76.4 Å². The minimum absolute atomic E-state index is 0.137. The zero-order valence-electron chi connectivity index (χ0n) is 8.83. The molecule has 0 saturated carbocycles. The van der Waals surface area contributed by atoms with E-state index in [9.17, 15) is 0 Å². The fraction of sp³-hybridized carbons (Fsp3) is 0.300. The minimum atomic E-state index is 0.137. The van der Waals surface area contributed by atoms with Gasteiger partial charge in [0, 0.05) is 12.7 Å². The highest BCUT2D eigenvalue weighted by Gasteiger charge is 2.22. The summed E-state index contributed by atoms with van der Waals surface area (Å²) in [5.41, 5.74) is 14.5. The van der Waals surface area contributed by atoms with Crippen LogP contribution in [-0.2, 0) is 0 Å². The van der Waals surface area contributed by atoms with Crippen LogP contribution >= 0.6 is 0 Å². The van der Waals surface area contributed by atoms with Crippen LogP contribution in [0.2, 0.25) is 6.32 Å². The van der Waals surface area contributed by atoms with Gasteiger partial charge in [0.25, 0.3) is 0 Å². The molecule has 78 valence electrons. The Morgan fingerprint density at radius 3 is 3.00 bits per heavy atom. The van der Waals surface area contributed by atoms with Crippen molar-refractivity contribution in [2.45, 2.75) is 12.4 Å². The Labute approximate surface area is 90.0 Å². The SMILES string of the molecule is CNc1ccc2c(c1)C(N=C(N)N)CB2. The Bertz CT molecular complexity index is 398. The van der Waals surface area contributed by atoms with Gasteiger partial charge in [-0.05, 0) is 24.0 Å². The number of nitrogens with two attached hydrogens (primary N) is 2. The van der Waals surface area contributed by atoms with Gasteiger partial charge in [0.15, 0.2) is 13.2 Å². The third-order valence-electron chi connectivity index (χ3n) is 2.79. The van der Waals surface area contributed by atoms with Crippen molar-refractivity contribution >= 4 is 24.4 Å². The van der Waals surface area contributed by atoms with E-state index in [4.69, 9.17) is 11.5 Å². The lowest BCUT2D eigenvalue weighted by Crippen LogP contribution is -2.23. The molecule has 0 radical (unpaired) electrons. The Balaban J connectivity index is 2.36. The summed E-state index contributed by atoms with van der Waals surface area (Å²) in [6, 6.07) is 6.48. The molecule has 1 unspecified atom stereocenters. The first kappa shape index (κ1) is 9.89. The Morgan fingerprint density at radius 1 is 1.53 bits per heavy atom. The van der Waals surface area contributed by atoms with Gasteiger partial charge in [0.1, 0.15) is 0 Å². The number of nitrogens with zero attached hydrogens (tertiary/aromatic N) is 1. The number of benzene rings is 1. The van der Waals surface area contributed by atoms with Crippen LogP contribution in [0.3, 0.4) is 0 Å². The summed E-state index contributed by atoms with van der Waals surface area (Å²) in [5, 5.41) is 3.12. The predicted octanol–water partition coefficient (Wildman–Crippen LogP) is -0.463. The lowest BCUT2D eigenvalue weighted by atomic mass is 9.72. The Morgan fingerprint density at radius 2 is 2.33 bits per heavy atom. The van der Waals surface area contributed by atoms with Crippen molar-refractivity contribution in [3.63, 3.8) is 0 Å². The summed E-state index contributed by atoms with van der Waals surface area (Å²) in [7, 11) is 2.97. The number of hydrogen-bond acceptors (Lipinski definition) is 2. The number of rotatable bonds is 2. The lowest BCUT2D eigenvalue weighted by Gasteiger charge is -2.09. The molecule has 1 aromatic carbocycles. The molecule has 0 aromatic heterocycles. The van der Waals surface area contributed by atoms with Gasteiger partial charge in [-0.1, -0.05) is 11.5 Å². The number of anilines is 1. The summed E-state index contributed by atoms with van der Waals surface area (Å²) in [6.07, 6.45) is 1.00. The Kier molecular flexibility index (Phi) is 2.54. The maximum Gasteiger partial charge on any atom is 0.186 e. The molecule has 0 saturated heterocycles. The highest BCUT2D eigenvalue weighted by atomic mass is 15.0. The fourth-order valence-corrected chi connectivity index (χ4v) is 2.05. The van der Waals surface area contributed by atoms with Gasteiger partial charge in [-0.2, -0.15) is 0 Å². The summed E-state index contributed by atoms with van der Waals surface area (Å²) < 4.78 is 0. The summed E-state index contributed by atoms with van der Waals surface area (Å²) in [4.78, 5) is 4.24. The molecule has 4 nitrogen and oxygen atoms in total. The van der Waals surface area contributed by atoms with Crippen LogP contribution in [-0.4, -0.2) is 20.3 Å². The number of hydrogen-bond donors (Lipinski definition) is 3. The normalized spacial score (nSPS) is 17.8. The van der Waals surface area contributed by atoms with Crippen LogP contribution in [0.4, 0.5) is 5.69 Å². The Hall–Kier alpha value is -1.65. The van der Waals surface area contributed by atoms with Crippen molar-refractivity contribution in [3.05, 3.63) is 23.8 Å². The molecule has 1 aliphatic rings. The van der Waals surface area contributed by atoms with Crippen molar-refractivity contribution in [1.29, 1.82) is 0 Å². The molecule has 1 aliphatic heterocycles. The van der Waals surface area contributed by atoms with Crippen molar-refractivity contribution in [1.82, 2.24) is 0 Å². The maximum absolute atomic E-state index is 5.41. The van der Waals surface area contributed by atoms with Gasteiger partial charge < -0.3 is 16.8 Å². The second-order valence-corrected chi connectivity index (χ2v) is 3.77. The molecule has 0 spiro atoms. The van der Waals surface area contributed by atoms with E-state index in [-0.39, 0.29) is 12.0 Å². The summed E-state index contributed by atoms with van der Waals surface area (Å²) in [6.45, 7) is 0. The van der Waals surface area contributed by atoms with Crippen LogP contribution in [0.5, 0.6) is 0 Å². The number of aliphatic imine (C=N–C) groups is 1. The van der Waals surface area contributed by atoms with Gasteiger partial charge in [0.2, 0.25) is 0 Å². The van der Waals surface area contributed by atoms with Gasteiger partial charge in [-0.15, -0.1) is 0 Å². The highest BCUT2D eigenvalue weighted by molar-refractivity contribution is 6.56. The van der Waals surface area contributed by atoms with Gasteiger partial charge in [-0.3, -0.25) is 0 Å². The van der Waals surface area contributed by atoms with E-state index in [1.807, 2.05) is 7.05 Å². The second-order valence-electron chi connectivity index (χ2n) is 3.77. The average Bonchev–Trinajstić information content (AvgIpc) is 2.60. The molecular formula is C10H15BN4. The monoisotopic (exact) mass is 202 g/mol. The molecule has 0 aliphatic carbocycles. The molecule has 5 N–H and O–H groups in total. The van der Waals surface area contributed by atoms with E-state index in [1.165, 1.54) is 11.0 Å². The average molecular weight is 202 g/mol. The van der Waals surface area contributed by atoms with E-state index >= 15 is 0 Å². The number of fused-ring (bicyclic) bond motifs is 1. The van der Waals surface area contributed by atoms with E-state index in [1.54, 1.807) is 0 Å². The molecule has 15 heavy (non-hydrogen) atoms. The van der Waals surface area contributed by atoms with Crippen molar-refractivity contribution in [3.8, 4) is 0 Å². The van der Waals surface area contributed by atoms with Crippen molar-refractivity contribution < 1.29 is 0 Å². The van der Waals surface area contributed by atoms with E-state index < -0.39 is 0 Å². The predicted molar refractivity (Wildman–Crippen MR) is 66.1 cm³/mol. The first-order chi connectivity index (χ1) is 7.20.